The maximum absolute atomic E-state index is 12.6. The lowest BCUT2D eigenvalue weighted by atomic mass is 9.82. The Balaban J connectivity index is 1.64. The molecule has 1 fully saturated rings. The molecule has 1 aromatic rings. The van der Waals surface area contributed by atoms with Crippen LogP contribution in [0.5, 0.6) is 0 Å². The van der Waals surface area contributed by atoms with Gasteiger partial charge in [-0.05, 0) is 48.4 Å². The van der Waals surface area contributed by atoms with Crippen molar-refractivity contribution in [1.29, 1.82) is 0 Å². The van der Waals surface area contributed by atoms with E-state index in [-0.39, 0.29) is 23.7 Å². The molecule has 3 rings (SSSR count). The summed E-state index contributed by atoms with van der Waals surface area (Å²) in [5.41, 5.74) is 0.915. The average molecular weight is 356 g/mol. The van der Waals surface area contributed by atoms with Crippen LogP contribution in [0, 0.1) is 29.6 Å². The van der Waals surface area contributed by atoms with Crippen molar-refractivity contribution in [3.05, 3.63) is 42.0 Å². The van der Waals surface area contributed by atoms with Crippen molar-refractivity contribution in [3.63, 3.8) is 0 Å². The number of fused-ring (bicyclic) bond motifs is 2. The highest BCUT2D eigenvalue weighted by molar-refractivity contribution is 5.97. The first kappa shape index (κ1) is 18.2. The molecule has 0 aliphatic heterocycles. The molecule has 6 heteroatoms. The molecule has 0 aromatic heterocycles. The van der Waals surface area contributed by atoms with Crippen LogP contribution < -0.4 is 10.4 Å². The number of carboxylic acids is 1. The number of rotatable bonds is 6. The zero-order valence-corrected chi connectivity index (χ0v) is 14.8. The van der Waals surface area contributed by atoms with Gasteiger partial charge in [0.2, 0.25) is 5.91 Å². The van der Waals surface area contributed by atoms with E-state index < -0.39 is 23.8 Å². The summed E-state index contributed by atoms with van der Waals surface area (Å²) in [6, 6.07) is 6.38. The number of carboxylic acid groups (broad SMARTS) is 1. The number of esters is 1. The molecule has 2 aliphatic carbocycles. The van der Waals surface area contributed by atoms with Crippen LogP contribution in [-0.2, 0) is 14.3 Å². The second kappa shape index (κ2) is 7.32. The van der Waals surface area contributed by atoms with Gasteiger partial charge in [-0.3, -0.25) is 4.79 Å². The van der Waals surface area contributed by atoms with Crippen LogP contribution >= 0.6 is 0 Å². The van der Waals surface area contributed by atoms with Gasteiger partial charge < -0.3 is 20.0 Å². The van der Waals surface area contributed by atoms with E-state index >= 15 is 0 Å². The fourth-order valence-corrected chi connectivity index (χ4v) is 3.74. The van der Waals surface area contributed by atoms with Gasteiger partial charge in [0.25, 0.3) is 0 Å². The smallest absolute Gasteiger partial charge is 0.338 e. The molecule has 1 N–H and O–H groups in total. The van der Waals surface area contributed by atoms with Crippen LogP contribution in [0.2, 0.25) is 0 Å². The number of aliphatic carboxylic acids is 1. The van der Waals surface area contributed by atoms with Gasteiger partial charge in [-0.2, -0.15) is 0 Å². The Labute approximate surface area is 152 Å². The third-order valence-electron chi connectivity index (χ3n) is 4.97. The zero-order valence-electron chi connectivity index (χ0n) is 14.8. The number of carbonyl (C=O) groups is 3. The molecule has 0 saturated heterocycles. The van der Waals surface area contributed by atoms with Gasteiger partial charge in [0.1, 0.15) is 0 Å². The van der Waals surface area contributed by atoms with Crippen molar-refractivity contribution < 1.29 is 24.2 Å². The van der Waals surface area contributed by atoms with Crippen LogP contribution in [0.4, 0.5) is 5.69 Å². The van der Waals surface area contributed by atoms with E-state index in [2.05, 4.69) is 5.32 Å². The summed E-state index contributed by atoms with van der Waals surface area (Å²) < 4.78 is 5.16. The standard InChI is InChI=1S/C20H23NO5/c1-11(2)10-26-20(25)12-5-7-15(8-6-12)21-18(22)16-13-3-4-14(9-13)17(16)19(23)24/h3-8,11,13-14,16-17H,9-10H2,1-2H3,(H,21,22)(H,23,24)/p-1/t13-,14+,16+,17+/m1/s1. The number of carbonyl (C=O) groups excluding carboxylic acids is 3. The minimum atomic E-state index is -1.18. The van der Waals surface area contributed by atoms with Gasteiger partial charge >= 0.3 is 5.97 Å². The van der Waals surface area contributed by atoms with E-state index in [4.69, 9.17) is 4.74 Å². The largest absolute Gasteiger partial charge is 0.550 e. The minimum Gasteiger partial charge on any atom is -0.550 e. The van der Waals surface area contributed by atoms with E-state index in [0.717, 1.165) is 0 Å². The number of benzene rings is 1. The van der Waals surface area contributed by atoms with Crippen LogP contribution in [0.1, 0.15) is 30.6 Å². The summed E-state index contributed by atoms with van der Waals surface area (Å²) >= 11 is 0. The molecule has 0 spiro atoms. The van der Waals surface area contributed by atoms with Crippen molar-refractivity contribution in [3.8, 4) is 0 Å². The third-order valence-corrected chi connectivity index (χ3v) is 4.97. The fraction of sp³-hybridized carbons (Fsp3) is 0.450. The molecule has 1 aromatic carbocycles. The Morgan fingerprint density at radius 3 is 2.31 bits per heavy atom. The zero-order chi connectivity index (χ0) is 18.8. The average Bonchev–Trinajstić information content (AvgIpc) is 3.21. The van der Waals surface area contributed by atoms with Crippen LogP contribution in [0.15, 0.2) is 36.4 Å². The van der Waals surface area contributed by atoms with Gasteiger partial charge in [0.05, 0.1) is 18.1 Å². The number of amides is 1. The van der Waals surface area contributed by atoms with Gasteiger partial charge in [-0.25, -0.2) is 4.79 Å². The Kier molecular flexibility index (Phi) is 5.11. The highest BCUT2D eigenvalue weighted by atomic mass is 16.5. The molecule has 2 bridgehead atoms. The molecular weight excluding hydrogens is 334 g/mol. The topological polar surface area (TPSA) is 95.5 Å². The molecule has 0 radical (unpaired) electrons. The van der Waals surface area contributed by atoms with Gasteiger partial charge in [0, 0.05) is 17.6 Å². The normalized spacial score (nSPS) is 26.1. The summed E-state index contributed by atoms with van der Waals surface area (Å²) in [5, 5.41) is 14.2. The highest BCUT2D eigenvalue weighted by Crippen LogP contribution is 2.48. The SMILES string of the molecule is CC(C)COC(=O)c1ccc(NC(=O)[C@@H]2[C@@H](C(=O)[O-])[C@H]3C=C[C@@H]2C3)cc1. The van der Waals surface area contributed by atoms with E-state index in [0.29, 0.717) is 24.3 Å². The summed E-state index contributed by atoms with van der Waals surface area (Å²) in [6.07, 6.45) is 4.46. The molecule has 26 heavy (non-hydrogen) atoms. The molecule has 1 amide bonds. The molecular formula is C20H22NO5-. The number of hydrogen-bond donors (Lipinski definition) is 1. The number of hydrogen-bond acceptors (Lipinski definition) is 5. The Bertz CT molecular complexity index is 737. The van der Waals surface area contributed by atoms with Crippen molar-refractivity contribution in [1.82, 2.24) is 0 Å². The summed E-state index contributed by atoms with van der Waals surface area (Å²) in [7, 11) is 0. The first-order chi connectivity index (χ1) is 12.4. The van der Waals surface area contributed by atoms with Crippen LogP contribution in [0.3, 0.4) is 0 Å². The highest BCUT2D eigenvalue weighted by Gasteiger charge is 2.48. The van der Waals surface area contributed by atoms with Gasteiger partial charge in [0.15, 0.2) is 0 Å². The lowest BCUT2D eigenvalue weighted by molar-refractivity contribution is -0.313. The number of ether oxygens (including phenoxy) is 1. The Morgan fingerprint density at radius 1 is 1.12 bits per heavy atom. The van der Waals surface area contributed by atoms with Crippen molar-refractivity contribution in [2.45, 2.75) is 20.3 Å². The van der Waals surface area contributed by atoms with E-state index in [1.165, 1.54) is 0 Å². The van der Waals surface area contributed by atoms with Crippen LogP contribution in [0.25, 0.3) is 0 Å². The lowest BCUT2D eigenvalue weighted by Crippen LogP contribution is -2.42. The summed E-state index contributed by atoms with van der Waals surface area (Å²) in [5.74, 6) is -3.25. The summed E-state index contributed by atoms with van der Waals surface area (Å²) in [6.45, 7) is 4.26. The number of anilines is 1. The first-order valence-electron chi connectivity index (χ1n) is 8.84. The molecule has 0 unspecified atom stereocenters. The van der Waals surface area contributed by atoms with Crippen molar-refractivity contribution >= 4 is 23.5 Å². The second-order valence-corrected chi connectivity index (χ2v) is 7.38. The Hall–Kier alpha value is -2.63. The van der Waals surface area contributed by atoms with E-state index in [9.17, 15) is 19.5 Å². The molecule has 138 valence electrons. The van der Waals surface area contributed by atoms with E-state index in [1.54, 1.807) is 24.3 Å². The first-order valence-corrected chi connectivity index (χ1v) is 8.84. The molecule has 4 atom stereocenters. The minimum absolute atomic E-state index is 0.0619. The number of allylic oxidation sites excluding steroid dienone is 2. The molecule has 0 heterocycles. The van der Waals surface area contributed by atoms with Crippen molar-refractivity contribution in [2.24, 2.45) is 29.6 Å². The van der Waals surface area contributed by atoms with Gasteiger partial charge in [-0.1, -0.05) is 26.0 Å². The van der Waals surface area contributed by atoms with E-state index in [1.807, 2.05) is 26.0 Å². The molecule has 2 aliphatic rings. The van der Waals surface area contributed by atoms with Gasteiger partial charge in [-0.15, -0.1) is 0 Å². The summed E-state index contributed by atoms with van der Waals surface area (Å²) in [4.78, 5) is 35.9. The predicted molar refractivity (Wildman–Crippen MR) is 92.9 cm³/mol. The van der Waals surface area contributed by atoms with Crippen LogP contribution in [-0.4, -0.2) is 24.5 Å². The molecule has 6 nitrogen and oxygen atoms in total. The Morgan fingerprint density at radius 2 is 1.73 bits per heavy atom. The monoisotopic (exact) mass is 356 g/mol. The number of nitrogens with one attached hydrogen (secondary N) is 1. The quantitative estimate of drug-likeness (QED) is 0.617. The fourth-order valence-electron chi connectivity index (χ4n) is 3.74. The maximum atomic E-state index is 12.6. The van der Waals surface area contributed by atoms with Crippen molar-refractivity contribution in [2.75, 3.05) is 11.9 Å². The molecule has 1 saturated carbocycles. The lowest BCUT2D eigenvalue weighted by Gasteiger charge is -2.27. The third kappa shape index (κ3) is 3.64. The maximum Gasteiger partial charge on any atom is 0.338 e. The predicted octanol–water partition coefficient (Wildman–Crippen LogP) is 1.63. The second-order valence-electron chi connectivity index (χ2n) is 7.38.